The van der Waals surface area contributed by atoms with Crippen LogP contribution in [0.25, 0.3) is 0 Å². The van der Waals surface area contributed by atoms with E-state index in [0.29, 0.717) is 6.42 Å². The number of carboxylic acid groups (broad SMARTS) is 1. The molecule has 1 amide bonds. The lowest BCUT2D eigenvalue weighted by Gasteiger charge is -1.97. The van der Waals surface area contributed by atoms with Crippen LogP contribution < -0.4 is 5.32 Å². The SMILES string of the molecule is C#CCCC(=O)Nc1cc(C(=O)O)[nH]n1. The normalized spacial score (nSPS) is 9.27. The zero-order chi connectivity index (χ0) is 11.3. The first-order chi connectivity index (χ1) is 7.13. The summed E-state index contributed by atoms with van der Waals surface area (Å²) in [4.78, 5) is 21.6. The number of terminal acetylenes is 1. The number of carbonyl (C=O) groups is 2. The summed E-state index contributed by atoms with van der Waals surface area (Å²) in [6, 6.07) is 1.23. The van der Waals surface area contributed by atoms with Gasteiger partial charge in [-0.15, -0.1) is 12.3 Å². The van der Waals surface area contributed by atoms with Gasteiger partial charge < -0.3 is 10.4 Å². The molecule has 1 aromatic heterocycles. The molecule has 0 aliphatic rings. The summed E-state index contributed by atoms with van der Waals surface area (Å²) in [6.07, 6.45) is 5.51. The summed E-state index contributed by atoms with van der Waals surface area (Å²) in [5.74, 6) is 1.07. The van der Waals surface area contributed by atoms with Gasteiger partial charge in [0, 0.05) is 18.9 Å². The molecule has 0 atom stereocenters. The van der Waals surface area contributed by atoms with Gasteiger partial charge >= 0.3 is 5.97 Å². The van der Waals surface area contributed by atoms with Gasteiger partial charge in [0.05, 0.1) is 0 Å². The van der Waals surface area contributed by atoms with E-state index < -0.39 is 5.97 Å². The highest BCUT2D eigenvalue weighted by molar-refractivity contribution is 5.92. The van der Waals surface area contributed by atoms with E-state index in [2.05, 4.69) is 21.4 Å². The maximum absolute atomic E-state index is 11.1. The molecule has 3 N–H and O–H groups in total. The summed E-state index contributed by atoms with van der Waals surface area (Å²) in [5, 5.41) is 16.8. The first-order valence-corrected chi connectivity index (χ1v) is 4.15. The van der Waals surface area contributed by atoms with Crippen molar-refractivity contribution in [3.8, 4) is 12.3 Å². The van der Waals surface area contributed by atoms with Crippen LogP contribution in [0.3, 0.4) is 0 Å². The van der Waals surface area contributed by atoms with E-state index in [1.165, 1.54) is 6.07 Å². The smallest absolute Gasteiger partial charge is 0.353 e. The quantitative estimate of drug-likeness (QED) is 0.625. The number of amides is 1. The molecule has 0 unspecified atom stereocenters. The largest absolute Gasteiger partial charge is 0.477 e. The van der Waals surface area contributed by atoms with Crippen LogP contribution in [0, 0.1) is 12.3 Å². The Hall–Kier alpha value is -2.29. The highest BCUT2D eigenvalue weighted by Crippen LogP contribution is 2.05. The number of nitrogens with zero attached hydrogens (tertiary/aromatic N) is 1. The predicted molar refractivity (Wildman–Crippen MR) is 52.2 cm³/mol. The van der Waals surface area contributed by atoms with Crippen molar-refractivity contribution in [2.45, 2.75) is 12.8 Å². The van der Waals surface area contributed by atoms with E-state index in [4.69, 9.17) is 11.5 Å². The summed E-state index contributed by atoms with van der Waals surface area (Å²) in [7, 11) is 0. The topological polar surface area (TPSA) is 95.1 Å². The van der Waals surface area contributed by atoms with E-state index in [0.717, 1.165) is 0 Å². The fourth-order valence-electron chi connectivity index (χ4n) is 0.886. The number of aromatic amines is 1. The Bertz CT molecular complexity index is 416. The number of carboxylic acids is 1. The van der Waals surface area contributed by atoms with Crippen molar-refractivity contribution in [3.63, 3.8) is 0 Å². The molecule has 0 radical (unpaired) electrons. The average Bonchev–Trinajstić information content (AvgIpc) is 2.63. The third-order valence-corrected chi connectivity index (χ3v) is 1.57. The van der Waals surface area contributed by atoms with Crippen LogP contribution in [-0.4, -0.2) is 27.2 Å². The summed E-state index contributed by atoms with van der Waals surface area (Å²) in [5.41, 5.74) is -0.0813. The van der Waals surface area contributed by atoms with Crippen LogP contribution in [0.2, 0.25) is 0 Å². The van der Waals surface area contributed by atoms with E-state index in [-0.39, 0.29) is 23.8 Å². The number of aromatic nitrogens is 2. The number of anilines is 1. The Morgan fingerprint density at radius 2 is 2.40 bits per heavy atom. The van der Waals surface area contributed by atoms with Crippen LogP contribution in [0.4, 0.5) is 5.82 Å². The third kappa shape index (κ3) is 3.15. The fraction of sp³-hybridized carbons (Fsp3) is 0.222. The molecule has 0 saturated heterocycles. The lowest BCUT2D eigenvalue weighted by molar-refractivity contribution is -0.116. The molecular weight excluding hydrogens is 198 g/mol. The number of hydrogen-bond acceptors (Lipinski definition) is 3. The van der Waals surface area contributed by atoms with Crippen molar-refractivity contribution in [1.29, 1.82) is 0 Å². The first-order valence-electron chi connectivity index (χ1n) is 4.15. The number of carbonyl (C=O) groups excluding carboxylic acids is 1. The Balaban J connectivity index is 2.54. The average molecular weight is 207 g/mol. The molecule has 1 heterocycles. The van der Waals surface area contributed by atoms with Crippen molar-refractivity contribution in [3.05, 3.63) is 11.8 Å². The number of aromatic carboxylic acids is 1. The summed E-state index contributed by atoms with van der Waals surface area (Å²) >= 11 is 0. The fourth-order valence-corrected chi connectivity index (χ4v) is 0.886. The number of H-pyrrole nitrogens is 1. The second-order valence-corrected chi connectivity index (χ2v) is 2.72. The van der Waals surface area contributed by atoms with Gasteiger partial charge in [-0.2, -0.15) is 5.10 Å². The number of nitrogens with one attached hydrogen (secondary N) is 2. The van der Waals surface area contributed by atoms with Gasteiger partial charge in [-0.25, -0.2) is 4.79 Å². The molecule has 1 aromatic rings. The van der Waals surface area contributed by atoms with Gasteiger partial charge in [-0.05, 0) is 0 Å². The molecule has 0 aliphatic heterocycles. The minimum Gasteiger partial charge on any atom is -0.477 e. The summed E-state index contributed by atoms with van der Waals surface area (Å²) < 4.78 is 0. The minimum atomic E-state index is -1.13. The lowest BCUT2D eigenvalue weighted by Crippen LogP contribution is -2.10. The Morgan fingerprint density at radius 1 is 1.67 bits per heavy atom. The van der Waals surface area contributed by atoms with Crippen LogP contribution in [-0.2, 0) is 4.79 Å². The molecule has 6 heteroatoms. The molecule has 78 valence electrons. The van der Waals surface area contributed by atoms with Crippen LogP contribution in [0.15, 0.2) is 6.07 Å². The Labute approximate surface area is 85.7 Å². The monoisotopic (exact) mass is 207 g/mol. The zero-order valence-corrected chi connectivity index (χ0v) is 7.78. The molecule has 15 heavy (non-hydrogen) atoms. The van der Waals surface area contributed by atoms with Crippen molar-refractivity contribution >= 4 is 17.7 Å². The van der Waals surface area contributed by atoms with Crippen molar-refractivity contribution in [2.24, 2.45) is 0 Å². The van der Waals surface area contributed by atoms with E-state index >= 15 is 0 Å². The second-order valence-electron chi connectivity index (χ2n) is 2.72. The minimum absolute atomic E-state index is 0.0813. The standard InChI is InChI=1S/C9H9N3O3/c1-2-3-4-8(13)10-7-5-6(9(14)15)11-12-7/h1,5H,3-4H2,(H,14,15)(H2,10,11,12,13). The van der Waals surface area contributed by atoms with Crippen molar-refractivity contribution in [2.75, 3.05) is 5.32 Å². The van der Waals surface area contributed by atoms with Crippen LogP contribution in [0.1, 0.15) is 23.3 Å². The van der Waals surface area contributed by atoms with Crippen molar-refractivity contribution < 1.29 is 14.7 Å². The van der Waals surface area contributed by atoms with Gasteiger partial charge in [0.25, 0.3) is 0 Å². The van der Waals surface area contributed by atoms with Gasteiger partial charge in [-0.3, -0.25) is 9.89 Å². The Morgan fingerprint density at radius 3 is 2.93 bits per heavy atom. The Kier molecular flexibility index (Phi) is 3.46. The predicted octanol–water partition coefficient (Wildman–Crippen LogP) is 0.460. The first kappa shape index (κ1) is 10.8. The molecular formula is C9H9N3O3. The van der Waals surface area contributed by atoms with Gasteiger partial charge in [0.1, 0.15) is 5.69 Å². The lowest BCUT2D eigenvalue weighted by atomic mass is 10.3. The molecule has 0 aromatic carbocycles. The van der Waals surface area contributed by atoms with Gasteiger partial charge in [0.15, 0.2) is 5.82 Å². The van der Waals surface area contributed by atoms with Gasteiger partial charge in [0.2, 0.25) is 5.91 Å². The molecule has 0 aliphatic carbocycles. The molecule has 6 nitrogen and oxygen atoms in total. The maximum atomic E-state index is 11.1. The number of rotatable bonds is 4. The molecule has 0 bridgehead atoms. The van der Waals surface area contributed by atoms with E-state index in [1.54, 1.807) is 0 Å². The molecule has 1 rings (SSSR count). The molecule has 0 spiro atoms. The highest BCUT2D eigenvalue weighted by Gasteiger charge is 2.09. The number of hydrogen-bond donors (Lipinski definition) is 3. The van der Waals surface area contributed by atoms with Crippen molar-refractivity contribution in [1.82, 2.24) is 10.2 Å². The van der Waals surface area contributed by atoms with Crippen LogP contribution >= 0.6 is 0 Å². The van der Waals surface area contributed by atoms with Gasteiger partial charge in [-0.1, -0.05) is 0 Å². The van der Waals surface area contributed by atoms with Crippen LogP contribution in [0.5, 0.6) is 0 Å². The molecule has 0 fully saturated rings. The zero-order valence-electron chi connectivity index (χ0n) is 7.78. The molecule has 0 saturated carbocycles. The third-order valence-electron chi connectivity index (χ3n) is 1.57. The second kappa shape index (κ2) is 4.81. The summed E-state index contributed by atoms with van der Waals surface area (Å²) in [6.45, 7) is 0. The van der Waals surface area contributed by atoms with E-state index in [1.807, 2.05) is 0 Å². The highest BCUT2D eigenvalue weighted by atomic mass is 16.4. The van der Waals surface area contributed by atoms with E-state index in [9.17, 15) is 9.59 Å². The maximum Gasteiger partial charge on any atom is 0.353 e.